The summed E-state index contributed by atoms with van der Waals surface area (Å²) in [5, 5.41) is 17.0. The molecule has 2 aromatic rings. The number of benzene rings is 1. The molecule has 0 saturated heterocycles. The summed E-state index contributed by atoms with van der Waals surface area (Å²) < 4.78 is 10.0. The number of aromatic nitrogens is 1. The average Bonchev–Trinajstić information content (AvgIpc) is 2.77. The first-order valence-electron chi connectivity index (χ1n) is 5.68. The molecular weight excluding hydrogens is 232 g/mol. The van der Waals surface area contributed by atoms with Gasteiger partial charge >= 0.3 is 0 Å². The molecule has 5 nitrogen and oxygen atoms in total. The van der Waals surface area contributed by atoms with E-state index in [1.807, 2.05) is 25.1 Å². The molecule has 96 valence electrons. The van der Waals surface area contributed by atoms with Crippen molar-refractivity contribution < 1.29 is 14.4 Å². The first-order chi connectivity index (χ1) is 8.70. The van der Waals surface area contributed by atoms with Crippen LogP contribution < -0.4 is 10.1 Å². The summed E-state index contributed by atoms with van der Waals surface area (Å²) >= 11 is 0. The average molecular weight is 248 g/mol. The van der Waals surface area contributed by atoms with Crippen LogP contribution in [0.5, 0.6) is 11.5 Å². The maximum atomic E-state index is 9.89. The number of phenols is 1. The van der Waals surface area contributed by atoms with Gasteiger partial charge in [-0.2, -0.15) is 0 Å². The van der Waals surface area contributed by atoms with Gasteiger partial charge in [-0.05, 0) is 13.0 Å². The second-order valence-corrected chi connectivity index (χ2v) is 4.00. The molecule has 18 heavy (non-hydrogen) atoms. The van der Waals surface area contributed by atoms with Crippen molar-refractivity contribution in [3.8, 4) is 11.5 Å². The molecule has 0 amide bonds. The normalized spacial score (nSPS) is 10.6. The van der Waals surface area contributed by atoms with Crippen LogP contribution in [0.2, 0.25) is 0 Å². The third kappa shape index (κ3) is 2.81. The number of phenolic OH excluding ortho intramolecular Hbond substituents is 1. The fourth-order valence-electron chi connectivity index (χ4n) is 1.70. The van der Waals surface area contributed by atoms with Crippen molar-refractivity contribution in [2.45, 2.75) is 20.0 Å². The van der Waals surface area contributed by atoms with Gasteiger partial charge in [-0.15, -0.1) is 0 Å². The predicted molar refractivity (Wildman–Crippen MR) is 66.4 cm³/mol. The lowest BCUT2D eigenvalue weighted by Crippen LogP contribution is -2.13. The van der Waals surface area contributed by atoms with E-state index in [1.165, 1.54) is 7.11 Å². The summed E-state index contributed by atoms with van der Waals surface area (Å²) in [7, 11) is 1.53. The van der Waals surface area contributed by atoms with Gasteiger partial charge in [-0.25, -0.2) is 0 Å². The van der Waals surface area contributed by atoms with Crippen LogP contribution in [-0.2, 0) is 13.1 Å². The minimum atomic E-state index is 0.170. The van der Waals surface area contributed by atoms with Gasteiger partial charge in [0.15, 0.2) is 11.5 Å². The smallest absolute Gasteiger partial charge is 0.162 e. The number of nitrogens with one attached hydrogen (secondary N) is 1. The number of aryl methyl sites for hydroxylation is 1. The van der Waals surface area contributed by atoms with Crippen LogP contribution >= 0.6 is 0 Å². The highest BCUT2D eigenvalue weighted by atomic mass is 16.5. The lowest BCUT2D eigenvalue weighted by molar-refractivity contribution is 0.369. The number of methoxy groups -OCH3 is 1. The molecule has 0 unspecified atom stereocenters. The zero-order chi connectivity index (χ0) is 13.0. The van der Waals surface area contributed by atoms with Crippen molar-refractivity contribution in [2.75, 3.05) is 7.11 Å². The van der Waals surface area contributed by atoms with E-state index in [-0.39, 0.29) is 5.75 Å². The van der Waals surface area contributed by atoms with Gasteiger partial charge < -0.3 is 19.7 Å². The summed E-state index contributed by atoms with van der Waals surface area (Å²) in [5.74, 6) is 1.44. The quantitative estimate of drug-likeness (QED) is 0.847. The third-order valence-electron chi connectivity index (χ3n) is 2.60. The van der Waals surface area contributed by atoms with Crippen LogP contribution in [0, 0.1) is 6.92 Å². The van der Waals surface area contributed by atoms with Gasteiger partial charge in [0.1, 0.15) is 5.76 Å². The summed E-state index contributed by atoms with van der Waals surface area (Å²) in [6, 6.07) is 7.28. The van der Waals surface area contributed by atoms with Gasteiger partial charge in [0, 0.05) is 24.7 Å². The van der Waals surface area contributed by atoms with Gasteiger partial charge in [0.05, 0.1) is 12.8 Å². The molecule has 0 atom stereocenters. The lowest BCUT2D eigenvalue weighted by atomic mass is 10.2. The molecule has 2 rings (SSSR count). The first-order valence-corrected chi connectivity index (χ1v) is 5.68. The fourth-order valence-corrected chi connectivity index (χ4v) is 1.70. The molecule has 5 heteroatoms. The number of rotatable bonds is 5. The van der Waals surface area contributed by atoms with Crippen LogP contribution in [0.3, 0.4) is 0 Å². The Bertz CT molecular complexity index is 523. The largest absolute Gasteiger partial charge is 0.504 e. The Labute approximate surface area is 105 Å². The van der Waals surface area contributed by atoms with E-state index in [0.717, 1.165) is 17.0 Å². The Kier molecular flexibility index (Phi) is 3.84. The van der Waals surface area contributed by atoms with Gasteiger partial charge in [-0.1, -0.05) is 17.3 Å². The third-order valence-corrected chi connectivity index (χ3v) is 2.60. The zero-order valence-electron chi connectivity index (χ0n) is 10.4. The van der Waals surface area contributed by atoms with E-state index in [1.54, 1.807) is 6.07 Å². The van der Waals surface area contributed by atoms with Gasteiger partial charge in [-0.3, -0.25) is 0 Å². The summed E-state index contributed by atoms with van der Waals surface area (Å²) in [4.78, 5) is 0. The Morgan fingerprint density at radius 1 is 1.39 bits per heavy atom. The SMILES string of the molecule is COc1cccc(CNCc2cc(C)on2)c1O. The molecule has 0 bridgehead atoms. The summed E-state index contributed by atoms with van der Waals surface area (Å²) in [6.07, 6.45) is 0. The molecule has 1 aromatic heterocycles. The van der Waals surface area contributed by atoms with Crippen molar-refractivity contribution in [3.63, 3.8) is 0 Å². The maximum absolute atomic E-state index is 9.89. The van der Waals surface area contributed by atoms with Crippen LogP contribution in [0.4, 0.5) is 0 Å². The van der Waals surface area contributed by atoms with Crippen molar-refractivity contribution in [1.82, 2.24) is 10.5 Å². The van der Waals surface area contributed by atoms with Crippen molar-refractivity contribution in [2.24, 2.45) is 0 Å². The lowest BCUT2D eigenvalue weighted by Gasteiger charge is -2.08. The van der Waals surface area contributed by atoms with E-state index >= 15 is 0 Å². The van der Waals surface area contributed by atoms with Crippen LogP contribution in [0.15, 0.2) is 28.8 Å². The monoisotopic (exact) mass is 248 g/mol. The molecule has 2 N–H and O–H groups in total. The Morgan fingerprint density at radius 3 is 2.89 bits per heavy atom. The van der Waals surface area contributed by atoms with Crippen molar-refractivity contribution >= 4 is 0 Å². The highest BCUT2D eigenvalue weighted by Gasteiger charge is 2.07. The molecule has 0 spiro atoms. The van der Waals surface area contributed by atoms with E-state index in [0.29, 0.717) is 18.8 Å². The molecular formula is C13H16N2O3. The second kappa shape index (κ2) is 5.55. The Balaban J connectivity index is 1.94. The number of aromatic hydroxyl groups is 1. The number of para-hydroxylation sites is 1. The van der Waals surface area contributed by atoms with Gasteiger partial charge in [0.25, 0.3) is 0 Å². The number of nitrogens with zero attached hydrogens (tertiary/aromatic N) is 1. The van der Waals surface area contributed by atoms with E-state index in [4.69, 9.17) is 9.26 Å². The molecule has 0 radical (unpaired) electrons. The molecule has 1 heterocycles. The minimum Gasteiger partial charge on any atom is -0.504 e. The van der Waals surface area contributed by atoms with Crippen molar-refractivity contribution in [1.29, 1.82) is 0 Å². The highest BCUT2D eigenvalue weighted by molar-refractivity contribution is 5.45. The molecule has 1 aromatic carbocycles. The molecule has 0 saturated carbocycles. The highest BCUT2D eigenvalue weighted by Crippen LogP contribution is 2.29. The first kappa shape index (κ1) is 12.4. The van der Waals surface area contributed by atoms with Gasteiger partial charge in [0.2, 0.25) is 0 Å². The van der Waals surface area contributed by atoms with Crippen molar-refractivity contribution in [3.05, 3.63) is 41.3 Å². The fraction of sp³-hybridized carbons (Fsp3) is 0.308. The summed E-state index contributed by atoms with van der Waals surface area (Å²) in [5.41, 5.74) is 1.63. The second-order valence-electron chi connectivity index (χ2n) is 4.00. The Hall–Kier alpha value is -2.01. The van der Waals surface area contributed by atoms with Crippen LogP contribution in [0.25, 0.3) is 0 Å². The Morgan fingerprint density at radius 2 is 2.22 bits per heavy atom. The number of hydrogen-bond acceptors (Lipinski definition) is 5. The maximum Gasteiger partial charge on any atom is 0.162 e. The minimum absolute atomic E-state index is 0.170. The zero-order valence-corrected chi connectivity index (χ0v) is 10.4. The number of hydrogen-bond donors (Lipinski definition) is 2. The summed E-state index contributed by atoms with van der Waals surface area (Å²) in [6.45, 7) is 2.98. The van der Waals surface area contributed by atoms with E-state index < -0.39 is 0 Å². The molecule has 0 aliphatic rings. The molecule has 0 aliphatic heterocycles. The molecule has 0 aliphatic carbocycles. The topological polar surface area (TPSA) is 67.5 Å². The van der Waals surface area contributed by atoms with E-state index in [9.17, 15) is 5.11 Å². The van der Waals surface area contributed by atoms with E-state index in [2.05, 4.69) is 10.5 Å². The molecule has 0 fully saturated rings. The number of ether oxygens (including phenoxy) is 1. The van der Waals surface area contributed by atoms with Crippen LogP contribution in [0.1, 0.15) is 17.0 Å². The standard InChI is InChI=1S/C13H16N2O3/c1-9-6-11(15-18-9)8-14-7-10-4-3-5-12(17-2)13(10)16/h3-6,14,16H,7-8H2,1-2H3. The van der Waals surface area contributed by atoms with Crippen LogP contribution in [-0.4, -0.2) is 17.4 Å². The predicted octanol–water partition coefficient (Wildman–Crippen LogP) is 1.99.